The van der Waals surface area contributed by atoms with E-state index in [1.54, 1.807) is 13.3 Å². The molecular formula is C14H12ClN5OS2. The number of nitrogens with zero attached hydrogens (tertiary/aromatic N) is 3. The van der Waals surface area contributed by atoms with E-state index in [9.17, 15) is 0 Å². The Morgan fingerprint density at radius 1 is 1.48 bits per heavy atom. The van der Waals surface area contributed by atoms with Gasteiger partial charge in [0.2, 0.25) is 0 Å². The van der Waals surface area contributed by atoms with Crippen LogP contribution < -0.4 is 15.5 Å². The summed E-state index contributed by atoms with van der Waals surface area (Å²) in [5.74, 6) is 0.694. The van der Waals surface area contributed by atoms with E-state index >= 15 is 0 Å². The fourth-order valence-corrected chi connectivity index (χ4v) is 3.10. The second-order valence-corrected chi connectivity index (χ2v) is 6.01. The van der Waals surface area contributed by atoms with Crippen molar-refractivity contribution < 1.29 is 4.74 Å². The number of fused-ring (bicyclic) bond motifs is 1. The predicted octanol–water partition coefficient (Wildman–Crippen LogP) is 3.38. The summed E-state index contributed by atoms with van der Waals surface area (Å²) < 4.78 is 7.10. The number of methoxy groups -OCH3 is 1. The molecule has 0 radical (unpaired) electrons. The van der Waals surface area contributed by atoms with Crippen LogP contribution in [0.2, 0.25) is 5.15 Å². The van der Waals surface area contributed by atoms with E-state index in [1.807, 2.05) is 40.2 Å². The van der Waals surface area contributed by atoms with E-state index in [-0.39, 0.29) is 0 Å². The smallest absolute Gasteiger partial charge is 0.195 e. The van der Waals surface area contributed by atoms with Crippen molar-refractivity contribution in [3.8, 4) is 5.75 Å². The van der Waals surface area contributed by atoms with Gasteiger partial charge in [-0.05, 0) is 24.4 Å². The van der Waals surface area contributed by atoms with E-state index in [0.717, 1.165) is 10.6 Å². The van der Waals surface area contributed by atoms with Crippen molar-refractivity contribution in [1.29, 1.82) is 0 Å². The number of para-hydroxylation sites is 2. The van der Waals surface area contributed by atoms with Crippen molar-refractivity contribution in [3.05, 3.63) is 46.7 Å². The SMILES string of the molecule is COc1ccccc1NC(=S)N/N=C\c1c(Cl)nc2sccn12. The first-order chi connectivity index (χ1) is 11.2. The Bertz CT molecular complexity index is 873. The Labute approximate surface area is 146 Å². The Morgan fingerprint density at radius 2 is 2.30 bits per heavy atom. The van der Waals surface area contributed by atoms with Gasteiger partial charge in [-0.15, -0.1) is 11.3 Å². The molecule has 3 aromatic rings. The van der Waals surface area contributed by atoms with Crippen molar-refractivity contribution in [2.24, 2.45) is 5.10 Å². The van der Waals surface area contributed by atoms with Gasteiger partial charge >= 0.3 is 0 Å². The molecular weight excluding hydrogens is 354 g/mol. The zero-order valence-electron chi connectivity index (χ0n) is 12.0. The van der Waals surface area contributed by atoms with Crippen LogP contribution in [0.3, 0.4) is 0 Å². The second kappa shape index (κ2) is 6.95. The number of anilines is 1. The van der Waals surface area contributed by atoms with E-state index < -0.39 is 0 Å². The minimum absolute atomic E-state index is 0.341. The predicted molar refractivity (Wildman–Crippen MR) is 98.0 cm³/mol. The van der Waals surface area contributed by atoms with Crippen LogP contribution in [0.4, 0.5) is 5.69 Å². The first-order valence-corrected chi connectivity index (χ1v) is 8.19. The molecule has 118 valence electrons. The van der Waals surface area contributed by atoms with Gasteiger partial charge in [-0.25, -0.2) is 4.98 Å². The maximum atomic E-state index is 6.08. The Hall–Kier alpha value is -2.16. The number of hydrogen-bond acceptors (Lipinski definition) is 5. The van der Waals surface area contributed by atoms with E-state index in [0.29, 0.717) is 21.7 Å². The molecule has 0 aliphatic rings. The average Bonchev–Trinajstić information content (AvgIpc) is 3.10. The monoisotopic (exact) mass is 365 g/mol. The highest BCUT2D eigenvalue weighted by atomic mass is 35.5. The van der Waals surface area contributed by atoms with Gasteiger partial charge in [0.1, 0.15) is 11.4 Å². The highest BCUT2D eigenvalue weighted by Gasteiger charge is 2.09. The van der Waals surface area contributed by atoms with Crippen LogP contribution in [0.5, 0.6) is 5.75 Å². The minimum Gasteiger partial charge on any atom is -0.495 e. The molecule has 0 amide bonds. The Kier molecular flexibility index (Phi) is 4.75. The van der Waals surface area contributed by atoms with Gasteiger partial charge in [0.15, 0.2) is 15.2 Å². The molecule has 0 unspecified atom stereocenters. The number of hydrazone groups is 1. The fourth-order valence-electron chi connectivity index (χ4n) is 1.94. The summed E-state index contributed by atoms with van der Waals surface area (Å²) in [6, 6.07) is 7.47. The number of nitrogens with one attached hydrogen (secondary N) is 2. The average molecular weight is 366 g/mol. The highest BCUT2D eigenvalue weighted by Crippen LogP contribution is 2.23. The summed E-state index contributed by atoms with van der Waals surface area (Å²) in [6.07, 6.45) is 3.46. The van der Waals surface area contributed by atoms with Crippen LogP contribution in [-0.2, 0) is 0 Å². The summed E-state index contributed by atoms with van der Waals surface area (Å²) in [4.78, 5) is 5.04. The first kappa shape index (κ1) is 15.7. The zero-order valence-corrected chi connectivity index (χ0v) is 14.4. The van der Waals surface area contributed by atoms with Crippen molar-refractivity contribution >= 4 is 57.1 Å². The topological polar surface area (TPSA) is 63.0 Å². The van der Waals surface area contributed by atoms with Gasteiger partial charge in [0, 0.05) is 11.6 Å². The van der Waals surface area contributed by atoms with Gasteiger partial charge < -0.3 is 10.1 Å². The largest absolute Gasteiger partial charge is 0.495 e. The Balaban J connectivity index is 1.67. The lowest BCUT2D eigenvalue weighted by atomic mass is 10.3. The standard InChI is InChI=1S/C14H12ClN5OS2/c1-21-11-5-3-2-4-9(11)17-13(22)19-16-8-10-12(15)18-14-20(10)6-7-23-14/h2-8H,1H3,(H2,17,19,22)/b16-8-. The van der Waals surface area contributed by atoms with E-state index in [2.05, 4.69) is 20.8 Å². The van der Waals surface area contributed by atoms with Crippen molar-refractivity contribution in [2.45, 2.75) is 0 Å². The van der Waals surface area contributed by atoms with Crippen LogP contribution in [0.15, 0.2) is 40.9 Å². The number of imidazole rings is 1. The highest BCUT2D eigenvalue weighted by molar-refractivity contribution is 7.80. The number of thiazole rings is 1. The summed E-state index contributed by atoms with van der Waals surface area (Å²) in [7, 11) is 1.60. The molecule has 0 spiro atoms. The van der Waals surface area contributed by atoms with Crippen LogP contribution in [0.1, 0.15) is 5.69 Å². The lowest BCUT2D eigenvalue weighted by Crippen LogP contribution is -2.24. The summed E-state index contributed by atoms with van der Waals surface area (Å²) in [5, 5.41) is 9.78. The van der Waals surface area contributed by atoms with Crippen LogP contribution >= 0.6 is 35.2 Å². The number of benzene rings is 1. The fraction of sp³-hybridized carbons (Fsp3) is 0.0714. The molecule has 0 saturated heterocycles. The molecule has 1 aromatic carbocycles. The lowest BCUT2D eigenvalue weighted by Gasteiger charge is -2.10. The molecule has 6 nitrogen and oxygen atoms in total. The third-order valence-corrected chi connectivity index (χ3v) is 4.19. The van der Waals surface area contributed by atoms with Gasteiger partial charge in [0.25, 0.3) is 0 Å². The van der Waals surface area contributed by atoms with E-state index in [1.165, 1.54) is 11.3 Å². The molecule has 0 aliphatic heterocycles. The quantitative estimate of drug-likeness (QED) is 0.421. The molecule has 0 bridgehead atoms. The second-order valence-electron chi connectivity index (χ2n) is 4.37. The molecule has 23 heavy (non-hydrogen) atoms. The Morgan fingerprint density at radius 3 is 3.13 bits per heavy atom. The number of rotatable bonds is 4. The lowest BCUT2D eigenvalue weighted by molar-refractivity contribution is 0.417. The third kappa shape index (κ3) is 3.44. The van der Waals surface area contributed by atoms with Gasteiger partial charge in [0.05, 0.1) is 19.0 Å². The number of hydrogen-bond donors (Lipinski definition) is 2. The molecule has 0 atom stereocenters. The number of aromatic nitrogens is 2. The van der Waals surface area contributed by atoms with Crippen LogP contribution in [0, 0.1) is 0 Å². The molecule has 3 rings (SSSR count). The summed E-state index contributed by atoms with van der Waals surface area (Å²) in [6.45, 7) is 0. The van der Waals surface area contributed by atoms with E-state index in [4.69, 9.17) is 28.6 Å². The van der Waals surface area contributed by atoms with Crippen molar-refractivity contribution in [2.75, 3.05) is 12.4 Å². The molecule has 2 aromatic heterocycles. The van der Waals surface area contributed by atoms with Crippen LogP contribution in [-0.4, -0.2) is 27.8 Å². The first-order valence-electron chi connectivity index (χ1n) is 6.53. The van der Waals surface area contributed by atoms with Crippen molar-refractivity contribution in [3.63, 3.8) is 0 Å². The number of halogens is 1. The molecule has 9 heteroatoms. The molecule has 2 N–H and O–H groups in total. The molecule has 0 fully saturated rings. The van der Waals surface area contributed by atoms with Gasteiger partial charge in [-0.2, -0.15) is 5.10 Å². The third-order valence-electron chi connectivity index (χ3n) is 2.96. The minimum atomic E-state index is 0.341. The molecule has 0 aliphatic carbocycles. The normalized spacial score (nSPS) is 11.0. The molecule has 2 heterocycles. The van der Waals surface area contributed by atoms with Gasteiger partial charge in [-0.1, -0.05) is 23.7 Å². The summed E-state index contributed by atoms with van der Waals surface area (Å²) >= 11 is 12.8. The summed E-state index contributed by atoms with van der Waals surface area (Å²) in [5.41, 5.74) is 4.19. The zero-order chi connectivity index (χ0) is 16.2. The van der Waals surface area contributed by atoms with Crippen molar-refractivity contribution in [1.82, 2.24) is 14.8 Å². The number of ether oxygens (including phenoxy) is 1. The van der Waals surface area contributed by atoms with Gasteiger partial charge in [-0.3, -0.25) is 9.83 Å². The maximum Gasteiger partial charge on any atom is 0.195 e. The van der Waals surface area contributed by atoms with Crippen LogP contribution in [0.25, 0.3) is 4.96 Å². The number of thiocarbonyl (C=S) groups is 1. The maximum absolute atomic E-state index is 6.08. The molecule has 0 saturated carbocycles.